The third-order valence-electron chi connectivity index (χ3n) is 2.61. The third-order valence-corrected chi connectivity index (χ3v) is 4.98. The smallest absolute Gasteiger partial charge is 0.240 e. The van der Waals surface area contributed by atoms with Crippen LogP contribution in [0, 0.1) is 13.8 Å². The van der Waals surface area contributed by atoms with Gasteiger partial charge in [0.2, 0.25) is 10.0 Å². The van der Waals surface area contributed by atoms with Gasteiger partial charge in [-0.3, -0.25) is 4.21 Å². The first-order chi connectivity index (χ1) is 8.24. The molecule has 7 heteroatoms. The second-order valence-corrected chi connectivity index (χ2v) is 7.43. The lowest BCUT2D eigenvalue weighted by molar-refractivity contribution is 0.583. The highest BCUT2D eigenvalue weighted by Gasteiger charge is 2.18. The second kappa shape index (κ2) is 5.81. The average molecular weight is 290 g/mol. The summed E-state index contributed by atoms with van der Waals surface area (Å²) in [6.45, 7) is 3.70. The van der Waals surface area contributed by atoms with Crippen LogP contribution in [0.1, 0.15) is 11.1 Å². The molecule has 0 saturated carbocycles. The molecule has 1 aromatic rings. The number of sulfonamides is 1. The lowest BCUT2D eigenvalue weighted by Gasteiger charge is -2.11. The Hall–Kier alpha value is -0.920. The minimum absolute atomic E-state index is 0.152. The lowest BCUT2D eigenvalue weighted by atomic mass is 10.1. The molecule has 0 aliphatic carbocycles. The van der Waals surface area contributed by atoms with Gasteiger partial charge in [0.15, 0.2) is 0 Å². The fraction of sp³-hybridized carbons (Fsp3) is 0.455. The molecule has 0 heterocycles. The number of nitrogen functional groups attached to an aromatic ring is 1. The van der Waals surface area contributed by atoms with Crippen LogP contribution in [-0.4, -0.2) is 31.2 Å². The Balaban J connectivity index is 3.02. The van der Waals surface area contributed by atoms with Gasteiger partial charge in [0.25, 0.3) is 0 Å². The molecule has 1 rings (SSSR count). The maximum Gasteiger partial charge on any atom is 0.240 e. The van der Waals surface area contributed by atoms with Gasteiger partial charge in [0.05, 0.1) is 4.90 Å². The minimum Gasteiger partial charge on any atom is -0.399 e. The number of anilines is 1. The molecular formula is C11H18N2O3S2. The molecular weight excluding hydrogens is 272 g/mol. The van der Waals surface area contributed by atoms with Gasteiger partial charge in [-0.25, -0.2) is 13.1 Å². The van der Waals surface area contributed by atoms with Crippen molar-refractivity contribution in [1.82, 2.24) is 4.72 Å². The zero-order chi connectivity index (χ0) is 13.9. The number of nitrogens with one attached hydrogen (secondary N) is 1. The number of aryl methyl sites for hydroxylation is 1. The van der Waals surface area contributed by atoms with Gasteiger partial charge < -0.3 is 5.73 Å². The zero-order valence-corrected chi connectivity index (χ0v) is 12.3. The van der Waals surface area contributed by atoms with E-state index in [1.54, 1.807) is 13.0 Å². The van der Waals surface area contributed by atoms with Crippen LogP contribution in [0.4, 0.5) is 5.69 Å². The van der Waals surface area contributed by atoms with Crippen molar-refractivity contribution in [2.75, 3.05) is 24.3 Å². The van der Waals surface area contributed by atoms with Crippen LogP contribution < -0.4 is 10.5 Å². The number of hydrogen-bond acceptors (Lipinski definition) is 4. The molecule has 0 aliphatic rings. The van der Waals surface area contributed by atoms with Crippen LogP contribution in [-0.2, 0) is 20.8 Å². The van der Waals surface area contributed by atoms with E-state index in [1.807, 2.05) is 6.92 Å². The van der Waals surface area contributed by atoms with Crippen LogP contribution >= 0.6 is 0 Å². The maximum absolute atomic E-state index is 12.1. The van der Waals surface area contributed by atoms with E-state index in [-0.39, 0.29) is 11.4 Å². The Kier molecular flexibility index (Phi) is 4.89. The van der Waals surface area contributed by atoms with Crippen LogP contribution in [0.2, 0.25) is 0 Å². The Morgan fingerprint density at radius 2 is 1.94 bits per heavy atom. The van der Waals surface area contributed by atoms with Gasteiger partial charge in [-0.1, -0.05) is 0 Å². The van der Waals surface area contributed by atoms with Gasteiger partial charge >= 0.3 is 0 Å². The molecule has 0 saturated heterocycles. The van der Waals surface area contributed by atoms with Gasteiger partial charge in [-0.05, 0) is 37.1 Å². The average Bonchev–Trinajstić information content (AvgIpc) is 2.22. The molecule has 0 aliphatic heterocycles. The molecule has 0 radical (unpaired) electrons. The Morgan fingerprint density at radius 1 is 1.33 bits per heavy atom. The van der Waals surface area contributed by atoms with Crippen LogP contribution in [0.3, 0.4) is 0 Å². The molecule has 1 unspecified atom stereocenters. The summed E-state index contributed by atoms with van der Waals surface area (Å²) in [5.41, 5.74) is 7.58. The Bertz CT molecular complexity index is 568. The zero-order valence-electron chi connectivity index (χ0n) is 10.7. The summed E-state index contributed by atoms with van der Waals surface area (Å²) in [5.74, 6) is 0.291. The van der Waals surface area contributed by atoms with Crippen molar-refractivity contribution >= 4 is 26.5 Å². The van der Waals surface area contributed by atoms with Gasteiger partial charge in [0.1, 0.15) is 0 Å². The number of benzene rings is 1. The van der Waals surface area contributed by atoms with E-state index in [0.717, 1.165) is 5.56 Å². The van der Waals surface area contributed by atoms with E-state index in [0.29, 0.717) is 17.0 Å². The highest BCUT2D eigenvalue weighted by molar-refractivity contribution is 7.89. The maximum atomic E-state index is 12.1. The van der Waals surface area contributed by atoms with Crippen molar-refractivity contribution in [1.29, 1.82) is 0 Å². The van der Waals surface area contributed by atoms with E-state index < -0.39 is 20.8 Å². The molecule has 0 aromatic heterocycles. The Labute approximate surface area is 110 Å². The molecule has 1 atom stereocenters. The summed E-state index contributed by atoms with van der Waals surface area (Å²) in [4.78, 5) is 0.182. The van der Waals surface area contributed by atoms with Gasteiger partial charge in [-0.2, -0.15) is 0 Å². The van der Waals surface area contributed by atoms with E-state index in [9.17, 15) is 12.6 Å². The molecule has 0 amide bonds. The third kappa shape index (κ3) is 3.79. The van der Waals surface area contributed by atoms with E-state index >= 15 is 0 Å². The van der Waals surface area contributed by atoms with Crippen LogP contribution in [0.5, 0.6) is 0 Å². The minimum atomic E-state index is -3.60. The van der Waals surface area contributed by atoms with E-state index in [4.69, 9.17) is 5.73 Å². The van der Waals surface area contributed by atoms with E-state index in [1.165, 1.54) is 12.3 Å². The SMILES string of the molecule is Cc1cc(N)cc(S(=O)(=O)NCCS(C)=O)c1C. The van der Waals surface area contributed by atoms with Crippen molar-refractivity contribution in [2.45, 2.75) is 18.7 Å². The van der Waals surface area contributed by atoms with Crippen molar-refractivity contribution in [2.24, 2.45) is 0 Å². The van der Waals surface area contributed by atoms with Crippen LogP contribution in [0.25, 0.3) is 0 Å². The van der Waals surface area contributed by atoms with Gasteiger partial charge in [-0.15, -0.1) is 0 Å². The molecule has 18 heavy (non-hydrogen) atoms. The summed E-state index contributed by atoms with van der Waals surface area (Å²) in [6, 6.07) is 3.17. The summed E-state index contributed by atoms with van der Waals surface area (Å²) < 4.78 is 37.5. The molecule has 1 aromatic carbocycles. The summed E-state index contributed by atoms with van der Waals surface area (Å²) in [7, 11) is -4.62. The lowest BCUT2D eigenvalue weighted by Crippen LogP contribution is -2.28. The molecule has 0 fully saturated rings. The molecule has 5 nitrogen and oxygen atoms in total. The van der Waals surface area contributed by atoms with E-state index in [2.05, 4.69) is 4.72 Å². The van der Waals surface area contributed by atoms with Crippen molar-refractivity contribution in [3.8, 4) is 0 Å². The quantitative estimate of drug-likeness (QED) is 0.775. The first-order valence-electron chi connectivity index (χ1n) is 5.40. The molecule has 102 valence electrons. The van der Waals surface area contributed by atoms with Crippen molar-refractivity contribution in [3.63, 3.8) is 0 Å². The number of nitrogens with two attached hydrogens (primary N) is 1. The normalized spacial score (nSPS) is 13.5. The largest absolute Gasteiger partial charge is 0.399 e. The van der Waals surface area contributed by atoms with Crippen molar-refractivity contribution in [3.05, 3.63) is 23.3 Å². The first-order valence-corrected chi connectivity index (χ1v) is 8.61. The highest BCUT2D eigenvalue weighted by atomic mass is 32.2. The predicted molar refractivity (Wildman–Crippen MR) is 74.5 cm³/mol. The summed E-state index contributed by atoms with van der Waals surface area (Å²) in [5, 5.41) is 0. The monoisotopic (exact) mass is 290 g/mol. The topological polar surface area (TPSA) is 89.3 Å². The first kappa shape index (κ1) is 15.1. The molecule has 3 N–H and O–H groups in total. The highest BCUT2D eigenvalue weighted by Crippen LogP contribution is 2.21. The Morgan fingerprint density at radius 3 is 2.50 bits per heavy atom. The fourth-order valence-corrected chi connectivity index (χ4v) is 3.43. The number of hydrogen-bond donors (Lipinski definition) is 2. The molecule has 0 spiro atoms. The second-order valence-electron chi connectivity index (χ2n) is 4.14. The standard InChI is InChI=1S/C11H18N2O3S2/c1-8-6-10(12)7-11(9(8)2)18(15,16)13-4-5-17(3)14/h6-7,13H,4-5,12H2,1-3H3. The molecule has 0 bridgehead atoms. The van der Waals surface area contributed by atoms with Crippen LogP contribution in [0.15, 0.2) is 17.0 Å². The summed E-state index contributed by atoms with van der Waals surface area (Å²) >= 11 is 0. The van der Waals surface area contributed by atoms with Gasteiger partial charge in [0, 0.05) is 35.0 Å². The summed E-state index contributed by atoms with van der Waals surface area (Å²) in [6.07, 6.45) is 1.53. The van der Waals surface area contributed by atoms with Crippen molar-refractivity contribution < 1.29 is 12.6 Å². The number of rotatable bonds is 5. The predicted octanol–water partition coefficient (Wildman–Crippen LogP) is 0.542. The fourth-order valence-electron chi connectivity index (χ4n) is 1.53.